The number of rotatable bonds is 4. The first-order valence-electron chi connectivity index (χ1n) is 8.48. The lowest BCUT2D eigenvalue weighted by Gasteiger charge is -2.08. The van der Waals surface area contributed by atoms with E-state index in [9.17, 15) is 9.59 Å². The van der Waals surface area contributed by atoms with Crippen LogP contribution in [0.3, 0.4) is 0 Å². The fourth-order valence-electron chi connectivity index (χ4n) is 2.93. The summed E-state index contributed by atoms with van der Waals surface area (Å²) in [7, 11) is 0. The van der Waals surface area contributed by atoms with Gasteiger partial charge in [0.05, 0.1) is 23.3 Å². The average molecular weight is 386 g/mol. The summed E-state index contributed by atoms with van der Waals surface area (Å²) in [6.07, 6.45) is 1.39. The van der Waals surface area contributed by atoms with Gasteiger partial charge in [-0.25, -0.2) is 4.98 Å². The second kappa shape index (κ2) is 7.47. The van der Waals surface area contributed by atoms with E-state index in [-0.39, 0.29) is 18.0 Å². The molecule has 0 unspecified atom stereocenters. The molecule has 0 radical (unpaired) electrons. The van der Waals surface area contributed by atoms with Gasteiger partial charge in [-0.3, -0.25) is 14.2 Å². The highest BCUT2D eigenvalue weighted by Gasteiger charge is 2.14. The number of thiophene rings is 1. The largest absolute Gasteiger partial charge is 0.324 e. The normalized spacial score (nSPS) is 10.5. The van der Waals surface area contributed by atoms with Gasteiger partial charge in [-0.15, -0.1) is 11.3 Å². The van der Waals surface area contributed by atoms with Crippen LogP contribution in [0.25, 0.3) is 21.3 Å². The van der Waals surface area contributed by atoms with Gasteiger partial charge in [0.2, 0.25) is 5.91 Å². The minimum Gasteiger partial charge on any atom is -0.324 e. The van der Waals surface area contributed by atoms with Crippen LogP contribution in [0.1, 0.15) is 5.56 Å². The van der Waals surface area contributed by atoms with Crippen LogP contribution < -0.4 is 10.9 Å². The highest BCUT2D eigenvalue weighted by molar-refractivity contribution is 7.17. The summed E-state index contributed by atoms with van der Waals surface area (Å²) in [6.45, 7) is -0.164. The number of anilines is 1. The third kappa shape index (κ3) is 3.41. The molecule has 136 valence electrons. The van der Waals surface area contributed by atoms with Crippen molar-refractivity contribution in [3.05, 3.63) is 82.2 Å². The van der Waals surface area contributed by atoms with Crippen molar-refractivity contribution in [2.75, 3.05) is 5.32 Å². The Balaban J connectivity index is 1.64. The van der Waals surface area contributed by atoms with E-state index in [0.29, 0.717) is 21.5 Å². The van der Waals surface area contributed by atoms with Crippen LogP contribution in [0.2, 0.25) is 0 Å². The molecule has 0 bridgehead atoms. The maximum absolute atomic E-state index is 13.0. The fourth-order valence-corrected chi connectivity index (χ4v) is 3.84. The van der Waals surface area contributed by atoms with Crippen molar-refractivity contribution in [3.8, 4) is 17.2 Å². The molecular formula is C21H14N4O2S. The molecule has 0 saturated heterocycles. The van der Waals surface area contributed by atoms with E-state index < -0.39 is 0 Å². The van der Waals surface area contributed by atoms with E-state index >= 15 is 0 Å². The van der Waals surface area contributed by atoms with Gasteiger partial charge in [0.1, 0.15) is 11.4 Å². The second-order valence-electron chi connectivity index (χ2n) is 6.11. The molecule has 0 aliphatic heterocycles. The number of nitrogens with zero attached hydrogens (tertiary/aromatic N) is 3. The Morgan fingerprint density at radius 2 is 2.00 bits per heavy atom. The molecule has 1 amide bonds. The summed E-state index contributed by atoms with van der Waals surface area (Å²) in [5.74, 6) is -0.366. The molecule has 2 heterocycles. The quantitative estimate of drug-likeness (QED) is 0.580. The highest BCUT2D eigenvalue weighted by Crippen LogP contribution is 2.30. The fraction of sp³-hybridized carbons (Fsp3) is 0.0476. The molecule has 0 fully saturated rings. The van der Waals surface area contributed by atoms with Crippen LogP contribution in [-0.2, 0) is 11.3 Å². The monoisotopic (exact) mass is 386 g/mol. The molecule has 4 rings (SSSR count). The van der Waals surface area contributed by atoms with Crippen LogP contribution in [-0.4, -0.2) is 15.5 Å². The van der Waals surface area contributed by atoms with Crippen LogP contribution >= 0.6 is 11.3 Å². The zero-order valence-corrected chi connectivity index (χ0v) is 15.4. The number of aromatic nitrogens is 2. The Morgan fingerprint density at radius 3 is 2.79 bits per heavy atom. The Bertz CT molecular complexity index is 1270. The first-order chi connectivity index (χ1) is 13.7. The van der Waals surface area contributed by atoms with Crippen LogP contribution in [0.15, 0.2) is 71.1 Å². The number of benzene rings is 2. The lowest BCUT2D eigenvalue weighted by molar-refractivity contribution is -0.116. The van der Waals surface area contributed by atoms with Gasteiger partial charge in [0.15, 0.2) is 0 Å². The van der Waals surface area contributed by atoms with E-state index in [1.54, 1.807) is 24.3 Å². The number of carbonyl (C=O) groups is 1. The standard InChI is InChI=1S/C21H14N4O2S/c22-10-14-5-4-8-16(9-14)24-18(26)11-25-13-23-20-19(21(25)27)17(12-28-20)15-6-2-1-3-7-15/h1-9,12-13H,11H2,(H,24,26). The topological polar surface area (TPSA) is 87.8 Å². The third-order valence-electron chi connectivity index (χ3n) is 4.23. The van der Waals surface area contributed by atoms with Gasteiger partial charge >= 0.3 is 0 Å². The van der Waals surface area contributed by atoms with Crippen molar-refractivity contribution in [2.24, 2.45) is 0 Å². The Labute approximate surface area is 164 Å². The lowest BCUT2D eigenvalue weighted by atomic mass is 10.1. The molecule has 0 spiro atoms. The molecule has 0 atom stereocenters. The average Bonchev–Trinajstić information content (AvgIpc) is 3.16. The first kappa shape index (κ1) is 17.6. The number of hydrogen-bond acceptors (Lipinski definition) is 5. The Morgan fingerprint density at radius 1 is 1.18 bits per heavy atom. The van der Waals surface area contributed by atoms with E-state index in [1.807, 2.05) is 41.8 Å². The van der Waals surface area contributed by atoms with Crippen molar-refractivity contribution >= 4 is 33.1 Å². The molecule has 2 aromatic heterocycles. The van der Waals surface area contributed by atoms with Crippen molar-refractivity contribution in [1.29, 1.82) is 5.26 Å². The van der Waals surface area contributed by atoms with Crippen LogP contribution in [0, 0.1) is 11.3 Å². The number of amides is 1. The first-order valence-corrected chi connectivity index (χ1v) is 9.36. The molecule has 28 heavy (non-hydrogen) atoms. The molecule has 4 aromatic rings. The molecule has 1 N–H and O–H groups in total. The summed E-state index contributed by atoms with van der Waals surface area (Å²) >= 11 is 1.40. The van der Waals surface area contributed by atoms with Gasteiger partial charge in [-0.05, 0) is 23.8 Å². The van der Waals surface area contributed by atoms with Gasteiger partial charge in [-0.1, -0.05) is 36.4 Å². The molecule has 2 aromatic carbocycles. The predicted molar refractivity (Wildman–Crippen MR) is 109 cm³/mol. The molecule has 6 nitrogen and oxygen atoms in total. The van der Waals surface area contributed by atoms with Crippen molar-refractivity contribution < 1.29 is 4.79 Å². The number of carbonyl (C=O) groups excluding carboxylic acids is 1. The van der Waals surface area contributed by atoms with E-state index in [4.69, 9.17) is 5.26 Å². The van der Waals surface area contributed by atoms with Crippen LogP contribution in [0.5, 0.6) is 0 Å². The van der Waals surface area contributed by atoms with E-state index in [0.717, 1.165) is 11.1 Å². The van der Waals surface area contributed by atoms with E-state index in [1.165, 1.54) is 22.2 Å². The van der Waals surface area contributed by atoms with Crippen molar-refractivity contribution in [1.82, 2.24) is 9.55 Å². The van der Waals surface area contributed by atoms with Crippen molar-refractivity contribution in [3.63, 3.8) is 0 Å². The summed E-state index contributed by atoms with van der Waals surface area (Å²) in [5, 5.41) is 14.1. The van der Waals surface area contributed by atoms with Crippen LogP contribution in [0.4, 0.5) is 5.69 Å². The summed E-state index contributed by atoms with van der Waals surface area (Å²) in [5.41, 5.74) is 2.44. The summed E-state index contributed by atoms with van der Waals surface area (Å²) < 4.78 is 1.30. The number of hydrogen-bond donors (Lipinski definition) is 1. The van der Waals surface area contributed by atoms with E-state index in [2.05, 4.69) is 10.3 Å². The summed E-state index contributed by atoms with van der Waals surface area (Å²) in [4.78, 5) is 30.3. The van der Waals surface area contributed by atoms with Gasteiger partial charge in [0.25, 0.3) is 5.56 Å². The summed E-state index contributed by atoms with van der Waals surface area (Å²) in [6, 6.07) is 18.2. The van der Waals surface area contributed by atoms with Crippen molar-refractivity contribution in [2.45, 2.75) is 6.54 Å². The highest BCUT2D eigenvalue weighted by atomic mass is 32.1. The number of nitrogens with one attached hydrogen (secondary N) is 1. The molecular weight excluding hydrogens is 372 g/mol. The number of nitriles is 1. The Hall–Kier alpha value is -3.76. The molecule has 7 heteroatoms. The lowest BCUT2D eigenvalue weighted by Crippen LogP contribution is -2.27. The predicted octanol–water partition coefficient (Wildman–Crippen LogP) is 3.64. The zero-order chi connectivity index (χ0) is 19.5. The van der Waals surface area contributed by atoms with Gasteiger partial charge in [0, 0.05) is 16.6 Å². The maximum atomic E-state index is 13.0. The SMILES string of the molecule is N#Cc1cccc(NC(=O)Cn2cnc3scc(-c4ccccc4)c3c2=O)c1. The van der Waals surface area contributed by atoms with Gasteiger partial charge in [-0.2, -0.15) is 5.26 Å². The van der Waals surface area contributed by atoms with Gasteiger partial charge < -0.3 is 5.32 Å². The zero-order valence-electron chi connectivity index (χ0n) is 14.6. The molecule has 0 saturated carbocycles. The second-order valence-corrected chi connectivity index (χ2v) is 6.97. The molecule has 0 aliphatic rings. The minimum atomic E-state index is -0.366. The third-order valence-corrected chi connectivity index (χ3v) is 5.12. The Kier molecular flexibility index (Phi) is 4.70. The minimum absolute atomic E-state index is 0.164. The maximum Gasteiger partial charge on any atom is 0.263 e. The molecule has 0 aliphatic carbocycles. The smallest absolute Gasteiger partial charge is 0.263 e. The number of fused-ring (bicyclic) bond motifs is 1.